The molecule has 7 N–H and O–H groups in total. The van der Waals surface area contributed by atoms with Crippen molar-refractivity contribution in [2.45, 2.75) is 57.7 Å². The molecule has 12 nitrogen and oxygen atoms in total. The number of nitrogens with one attached hydrogen (secondary N) is 3. The molecule has 1 saturated heterocycles. The number of halogens is 6. The van der Waals surface area contributed by atoms with Crippen LogP contribution in [0.15, 0.2) is 48.0 Å². The molecule has 2 amide bonds. The normalized spacial score (nSPS) is 16.3. The zero-order chi connectivity index (χ0) is 36.2. The third kappa shape index (κ3) is 13.1. The number of benzene rings is 1. The summed E-state index contributed by atoms with van der Waals surface area (Å²) in [5.41, 5.74) is 9.70. The van der Waals surface area contributed by atoms with E-state index in [9.17, 15) is 35.9 Å². The van der Waals surface area contributed by atoms with Gasteiger partial charge in [-0.2, -0.15) is 26.3 Å². The van der Waals surface area contributed by atoms with Crippen molar-refractivity contribution >= 4 is 40.9 Å². The van der Waals surface area contributed by atoms with Gasteiger partial charge in [0.25, 0.3) is 0 Å². The standard InChI is InChI=1S/C25H30N6O2S.2C2HF3O2/c1-15-20(7-8-22(26)30-15)14-29-23(32)16(2)31-24(33)21-12-18(13-28-21)11-17-3-5-19(6-4-17)25-27-9-10-34-25;2*3-2(4,5)1(6)7/h3-10,16,18,21,28H,11-14H2,1-2H3,(H2,26,30)(H,29,32)(H,31,33);2*(H,6,7)/t16-,18-,21+;;/m0../s1. The number of rotatable bonds is 8. The predicted molar refractivity (Wildman–Crippen MR) is 161 cm³/mol. The monoisotopic (exact) mass is 706 g/mol. The third-order valence-electron chi connectivity index (χ3n) is 6.60. The van der Waals surface area contributed by atoms with Gasteiger partial charge in [-0.1, -0.05) is 30.3 Å². The van der Waals surface area contributed by atoms with E-state index in [1.54, 1.807) is 24.3 Å². The van der Waals surface area contributed by atoms with Gasteiger partial charge in [0.15, 0.2) is 0 Å². The number of nitrogens with zero attached hydrogens (tertiary/aromatic N) is 2. The number of aryl methyl sites for hydroxylation is 1. The quantitative estimate of drug-likeness (QED) is 0.188. The lowest BCUT2D eigenvalue weighted by molar-refractivity contribution is -0.193. The number of anilines is 1. The molecule has 19 heteroatoms. The second-order valence-electron chi connectivity index (χ2n) is 10.3. The van der Waals surface area contributed by atoms with Crippen molar-refractivity contribution in [1.29, 1.82) is 0 Å². The lowest BCUT2D eigenvalue weighted by Crippen LogP contribution is -2.50. The van der Waals surface area contributed by atoms with Gasteiger partial charge in [0.1, 0.15) is 16.9 Å². The molecular weight excluding hydrogens is 674 g/mol. The van der Waals surface area contributed by atoms with Crippen LogP contribution in [0.1, 0.15) is 30.2 Å². The summed E-state index contributed by atoms with van der Waals surface area (Å²) >= 11 is 1.63. The van der Waals surface area contributed by atoms with Crippen LogP contribution in [-0.4, -0.2) is 74.9 Å². The van der Waals surface area contributed by atoms with E-state index in [0.717, 1.165) is 41.2 Å². The summed E-state index contributed by atoms with van der Waals surface area (Å²) in [6.45, 7) is 4.65. The summed E-state index contributed by atoms with van der Waals surface area (Å²) in [4.78, 5) is 51.5. The summed E-state index contributed by atoms with van der Waals surface area (Å²) in [6, 6.07) is 11.1. The van der Waals surface area contributed by atoms with Crippen molar-refractivity contribution in [3.05, 3.63) is 64.8 Å². The number of carboxylic acid groups (broad SMARTS) is 2. The van der Waals surface area contributed by atoms with Crippen LogP contribution < -0.4 is 21.7 Å². The molecule has 0 radical (unpaired) electrons. The molecule has 0 bridgehead atoms. The van der Waals surface area contributed by atoms with Crippen LogP contribution in [0.2, 0.25) is 0 Å². The Morgan fingerprint density at radius 3 is 2.10 bits per heavy atom. The van der Waals surface area contributed by atoms with Gasteiger partial charge in [-0.25, -0.2) is 19.6 Å². The molecule has 0 spiro atoms. The Morgan fingerprint density at radius 2 is 1.60 bits per heavy atom. The smallest absolute Gasteiger partial charge is 0.475 e. The highest BCUT2D eigenvalue weighted by atomic mass is 32.1. The van der Waals surface area contributed by atoms with E-state index < -0.39 is 30.3 Å². The van der Waals surface area contributed by atoms with Crippen LogP contribution in [0.5, 0.6) is 0 Å². The van der Waals surface area contributed by atoms with Gasteiger partial charge in [0.2, 0.25) is 11.8 Å². The Hall–Kier alpha value is -4.78. The maximum Gasteiger partial charge on any atom is 0.490 e. The third-order valence-corrected chi connectivity index (χ3v) is 7.43. The van der Waals surface area contributed by atoms with Gasteiger partial charge >= 0.3 is 24.3 Å². The Balaban J connectivity index is 0.000000479. The summed E-state index contributed by atoms with van der Waals surface area (Å²) in [7, 11) is 0. The molecule has 1 aliphatic rings. The fraction of sp³-hybridized carbons (Fsp3) is 0.379. The number of hydrogen-bond acceptors (Lipinski definition) is 9. The summed E-state index contributed by atoms with van der Waals surface area (Å²) in [5, 5.41) is 26.2. The topological polar surface area (TPSA) is 197 Å². The van der Waals surface area contributed by atoms with Gasteiger partial charge in [0.05, 0.1) is 6.04 Å². The Labute approximate surface area is 273 Å². The molecule has 48 heavy (non-hydrogen) atoms. The van der Waals surface area contributed by atoms with Crippen LogP contribution in [-0.2, 0) is 32.1 Å². The largest absolute Gasteiger partial charge is 0.490 e. The molecule has 1 aliphatic heterocycles. The van der Waals surface area contributed by atoms with E-state index in [-0.39, 0.29) is 17.9 Å². The van der Waals surface area contributed by atoms with Crippen LogP contribution in [0.3, 0.4) is 0 Å². The van der Waals surface area contributed by atoms with Crippen molar-refractivity contribution in [2.24, 2.45) is 5.92 Å². The minimum absolute atomic E-state index is 0.144. The van der Waals surface area contributed by atoms with E-state index in [1.807, 2.05) is 24.6 Å². The van der Waals surface area contributed by atoms with Crippen LogP contribution in [0.4, 0.5) is 32.2 Å². The van der Waals surface area contributed by atoms with Gasteiger partial charge in [-0.05, 0) is 56.3 Å². The van der Waals surface area contributed by atoms with Gasteiger partial charge in [0, 0.05) is 29.4 Å². The number of carbonyl (C=O) groups excluding carboxylic acids is 2. The predicted octanol–water partition coefficient (Wildman–Crippen LogP) is 3.70. The highest BCUT2D eigenvalue weighted by Gasteiger charge is 2.39. The SMILES string of the molecule is Cc1nc(N)ccc1CNC(=O)[C@H](C)NC(=O)[C@H]1C[C@H](Cc2ccc(-c3nccs3)cc2)CN1.O=C(O)C(F)(F)F.O=C(O)C(F)(F)F. The first-order valence-electron chi connectivity index (χ1n) is 13.9. The minimum atomic E-state index is -5.08. The number of nitrogens with two attached hydrogens (primary N) is 1. The van der Waals surface area contributed by atoms with Crippen molar-refractivity contribution in [1.82, 2.24) is 25.9 Å². The molecule has 1 aromatic carbocycles. The van der Waals surface area contributed by atoms with Gasteiger partial charge in [-0.3, -0.25) is 9.59 Å². The van der Waals surface area contributed by atoms with Crippen LogP contribution in [0, 0.1) is 12.8 Å². The summed E-state index contributed by atoms with van der Waals surface area (Å²) < 4.78 is 63.5. The second-order valence-corrected chi connectivity index (χ2v) is 11.2. The number of hydrogen-bond donors (Lipinski definition) is 6. The number of amides is 2. The number of aromatic nitrogens is 2. The van der Waals surface area contributed by atoms with Crippen molar-refractivity contribution in [3.8, 4) is 10.6 Å². The fourth-order valence-corrected chi connectivity index (χ4v) is 4.80. The second kappa shape index (κ2) is 17.4. The molecule has 0 aliphatic carbocycles. The van der Waals surface area contributed by atoms with Crippen LogP contribution in [0.25, 0.3) is 10.6 Å². The van der Waals surface area contributed by atoms with E-state index in [1.165, 1.54) is 5.56 Å². The molecule has 262 valence electrons. The first kappa shape index (κ1) is 39.4. The van der Waals surface area contributed by atoms with Gasteiger partial charge < -0.3 is 31.9 Å². The zero-order valence-corrected chi connectivity index (χ0v) is 26.2. The molecule has 0 saturated carbocycles. The zero-order valence-electron chi connectivity index (χ0n) is 25.4. The molecule has 2 aromatic heterocycles. The highest BCUT2D eigenvalue weighted by Crippen LogP contribution is 2.24. The molecule has 3 aromatic rings. The lowest BCUT2D eigenvalue weighted by Gasteiger charge is -2.17. The first-order valence-corrected chi connectivity index (χ1v) is 14.8. The Bertz CT molecular complexity index is 1510. The van der Waals surface area contributed by atoms with E-state index in [4.69, 9.17) is 25.5 Å². The molecular formula is C29H32F6N6O6S. The van der Waals surface area contributed by atoms with Crippen molar-refractivity contribution in [3.63, 3.8) is 0 Å². The number of carboxylic acids is 2. The fourth-order valence-electron chi connectivity index (χ4n) is 4.16. The number of carbonyl (C=O) groups is 4. The van der Waals surface area contributed by atoms with Crippen LogP contribution >= 0.6 is 11.3 Å². The molecule has 4 rings (SSSR count). The summed E-state index contributed by atoms with van der Waals surface area (Å²) in [6.07, 6.45) is -6.71. The minimum Gasteiger partial charge on any atom is -0.475 e. The number of thiazole rings is 1. The highest BCUT2D eigenvalue weighted by molar-refractivity contribution is 7.13. The number of alkyl halides is 6. The van der Waals surface area contributed by atoms with E-state index in [2.05, 4.69) is 50.2 Å². The summed E-state index contributed by atoms with van der Waals surface area (Å²) in [5.74, 6) is -5.08. The van der Waals surface area contributed by atoms with Gasteiger partial charge in [-0.15, -0.1) is 11.3 Å². The van der Waals surface area contributed by atoms with E-state index >= 15 is 0 Å². The first-order chi connectivity index (χ1) is 22.3. The molecule has 3 atom stereocenters. The number of pyridine rings is 1. The number of nitrogen functional groups attached to an aromatic ring is 1. The molecule has 3 heterocycles. The molecule has 0 unspecified atom stereocenters. The Kier molecular flexibility index (Phi) is 14.3. The molecule has 1 fully saturated rings. The number of aliphatic carboxylic acids is 2. The van der Waals surface area contributed by atoms with Crippen molar-refractivity contribution in [2.75, 3.05) is 12.3 Å². The maximum absolute atomic E-state index is 12.7. The Morgan fingerprint density at radius 1 is 1.02 bits per heavy atom. The lowest BCUT2D eigenvalue weighted by atomic mass is 9.96. The average Bonchev–Trinajstić information content (AvgIpc) is 3.70. The van der Waals surface area contributed by atoms with Crippen molar-refractivity contribution < 1.29 is 55.7 Å². The maximum atomic E-state index is 12.7. The van der Waals surface area contributed by atoms with E-state index in [0.29, 0.717) is 18.3 Å². The average molecular weight is 707 g/mol.